The Morgan fingerprint density at radius 1 is 1.05 bits per heavy atom. The van der Waals surface area contributed by atoms with Crippen molar-refractivity contribution in [1.29, 1.82) is 0 Å². The third kappa shape index (κ3) is 2.93. The van der Waals surface area contributed by atoms with Crippen molar-refractivity contribution < 1.29 is 9.50 Å². The molecule has 0 amide bonds. The van der Waals surface area contributed by atoms with E-state index in [4.69, 9.17) is 0 Å². The molecular weight excluding hydrogens is 241 g/mol. The van der Waals surface area contributed by atoms with Crippen molar-refractivity contribution in [3.05, 3.63) is 66.0 Å². The maximum atomic E-state index is 13.0. The predicted molar refractivity (Wildman–Crippen MR) is 75.5 cm³/mol. The van der Waals surface area contributed by atoms with Crippen molar-refractivity contribution in [3.63, 3.8) is 0 Å². The van der Waals surface area contributed by atoms with Gasteiger partial charge in [-0.2, -0.15) is 0 Å². The first-order valence-corrected chi connectivity index (χ1v) is 6.40. The van der Waals surface area contributed by atoms with Gasteiger partial charge < -0.3 is 10.4 Å². The first-order valence-electron chi connectivity index (χ1n) is 6.40. The van der Waals surface area contributed by atoms with Gasteiger partial charge >= 0.3 is 0 Å². The molecule has 100 valence electrons. The SMILES string of the molecule is CCC(CO)(Nc1ccccc1)c1ccc(F)cc1. The van der Waals surface area contributed by atoms with Gasteiger partial charge in [-0.15, -0.1) is 0 Å². The lowest BCUT2D eigenvalue weighted by Crippen LogP contribution is -2.38. The standard InChI is InChI=1S/C16H18FNO/c1-2-16(12-19,13-8-10-14(17)11-9-13)18-15-6-4-3-5-7-15/h3-11,18-19H,2,12H2,1H3. The lowest BCUT2D eigenvalue weighted by molar-refractivity contribution is 0.207. The van der Waals surface area contributed by atoms with Gasteiger partial charge in [-0.25, -0.2) is 4.39 Å². The van der Waals surface area contributed by atoms with Crippen LogP contribution in [0.2, 0.25) is 0 Å². The molecule has 2 N–H and O–H groups in total. The third-order valence-corrected chi connectivity index (χ3v) is 3.43. The smallest absolute Gasteiger partial charge is 0.123 e. The highest BCUT2D eigenvalue weighted by atomic mass is 19.1. The minimum Gasteiger partial charge on any atom is -0.394 e. The van der Waals surface area contributed by atoms with Gasteiger partial charge in [0.25, 0.3) is 0 Å². The van der Waals surface area contributed by atoms with Crippen molar-refractivity contribution in [2.75, 3.05) is 11.9 Å². The molecule has 0 aliphatic heterocycles. The topological polar surface area (TPSA) is 32.3 Å². The van der Waals surface area contributed by atoms with Crippen LogP contribution in [0.25, 0.3) is 0 Å². The molecule has 0 aromatic heterocycles. The molecule has 2 aromatic rings. The molecule has 1 atom stereocenters. The fourth-order valence-electron chi connectivity index (χ4n) is 2.17. The second-order valence-electron chi connectivity index (χ2n) is 4.59. The Labute approximate surface area is 112 Å². The van der Waals surface area contributed by atoms with Crippen LogP contribution < -0.4 is 5.32 Å². The predicted octanol–water partition coefficient (Wildman–Crippen LogP) is 3.54. The zero-order valence-corrected chi connectivity index (χ0v) is 10.9. The number of rotatable bonds is 5. The Morgan fingerprint density at radius 2 is 1.68 bits per heavy atom. The Morgan fingerprint density at radius 3 is 2.21 bits per heavy atom. The first-order chi connectivity index (χ1) is 9.20. The van der Waals surface area contributed by atoms with Crippen molar-refractivity contribution in [3.8, 4) is 0 Å². The summed E-state index contributed by atoms with van der Waals surface area (Å²) in [7, 11) is 0. The minimum atomic E-state index is -0.588. The summed E-state index contributed by atoms with van der Waals surface area (Å²) in [5.41, 5.74) is 1.22. The normalized spacial score (nSPS) is 13.8. The van der Waals surface area contributed by atoms with Gasteiger partial charge in [0.15, 0.2) is 0 Å². The maximum Gasteiger partial charge on any atom is 0.123 e. The van der Waals surface area contributed by atoms with Gasteiger partial charge in [0.2, 0.25) is 0 Å². The molecule has 0 aliphatic carbocycles. The van der Waals surface area contributed by atoms with Crippen molar-refractivity contribution in [1.82, 2.24) is 0 Å². The molecule has 3 heteroatoms. The second-order valence-corrected chi connectivity index (χ2v) is 4.59. The lowest BCUT2D eigenvalue weighted by atomic mass is 9.87. The Kier molecular flexibility index (Phi) is 4.17. The second kappa shape index (κ2) is 5.85. The van der Waals surface area contributed by atoms with E-state index in [1.54, 1.807) is 12.1 Å². The van der Waals surface area contributed by atoms with E-state index in [-0.39, 0.29) is 12.4 Å². The molecule has 2 nitrogen and oxygen atoms in total. The molecule has 0 spiro atoms. The van der Waals surface area contributed by atoms with Crippen molar-refractivity contribution in [2.24, 2.45) is 0 Å². The van der Waals surface area contributed by atoms with Crippen LogP contribution in [-0.2, 0) is 5.54 Å². The summed E-state index contributed by atoms with van der Waals surface area (Å²) in [5, 5.41) is 13.2. The Balaban J connectivity index is 2.34. The molecule has 0 heterocycles. The summed E-state index contributed by atoms with van der Waals surface area (Å²) in [6.07, 6.45) is 0.698. The summed E-state index contributed by atoms with van der Waals surface area (Å²) < 4.78 is 13.0. The molecule has 0 saturated heterocycles. The number of nitrogens with one attached hydrogen (secondary N) is 1. The van der Waals surface area contributed by atoms with E-state index < -0.39 is 5.54 Å². The van der Waals surface area contributed by atoms with Crippen LogP contribution in [0.3, 0.4) is 0 Å². The summed E-state index contributed by atoms with van der Waals surface area (Å²) in [5.74, 6) is -0.272. The monoisotopic (exact) mass is 259 g/mol. The lowest BCUT2D eigenvalue weighted by Gasteiger charge is -2.33. The highest BCUT2D eigenvalue weighted by Crippen LogP contribution is 2.29. The van der Waals surface area contributed by atoms with E-state index in [0.29, 0.717) is 6.42 Å². The Hall–Kier alpha value is -1.87. The maximum absolute atomic E-state index is 13.0. The summed E-state index contributed by atoms with van der Waals surface area (Å²) in [6.45, 7) is 1.94. The minimum absolute atomic E-state index is 0.0516. The number of hydrogen-bond donors (Lipinski definition) is 2. The molecule has 0 saturated carbocycles. The number of para-hydroxylation sites is 1. The van der Waals surface area contributed by atoms with Crippen LogP contribution >= 0.6 is 0 Å². The average Bonchev–Trinajstić information content (AvgIpc) is 2.47. The van der Waals surface area contributed by atoms with E-state index in [0.717, 1.165) is 11.3 Å². The van der Waals surface area contributed by atoms with Crippen molar-refractivity contribution >= 4 is 5.69 Å². The molecule has 0 radical (unpaired) electrons. The van der Waals surface area contributed by atoms with Gasteiger partial charge in [0.05, 0.1) is 12.1 Å². The van der Waals surface area contributed by atoms with Crippen LogP contribution in [0.4, 0.5) is 10.1 Å². The summed E-state index contributed by atoms with van der Waals surface area (Å²) in [6, 6.07) is 16.0. The molecule has 19 heavy (non-hydrogen) atoms. The molecule has 0 bridgehead atoms. The van der Waals surface area contributed by atoms with Crippen molar-refractivity contribution in [2.45, 2.75) is 18.9 Å². The summed E-state index contributed by atoms with van der Waals surface area (Å²) >= 11 is 0. The van der Waals surface area contributed by atoms with E-state index in [1.165, 1.54) is 12.1 Å². The molecule has 0 fully saturated rings. The fraction of sp³-hybridized carbons (Fsp3) is 0.250. The number of benzene rings is 2. The van der Waals surface area contributed by atoms with Crippen LogP contribution in [0.5, 0.6) is 0 Å². The number of hydrogen-bond acceptors (Lipinski definition) is 2. The van der Waals surface area contributed by atoms with E-state index in [2.05, 4.69) is 5.32 Å². The van der Waals surface area contributed by atoms with Gasteiger partial charge in [0, 0.05) is 5.69 Å². The molecule has 2 rings (SSSR count). The number of aliphatic hydroxyl groups excluding tert-OH is 1. The van der Waals surface area contributed by atoms with Gasteiger partial charge in [-0.1, -0.05) is 37.3 Å². The fourth-order valence-corrected chi connectivity index (χ4v) is 2.17. The molecule has 1 unspecified atom stereocenters. The van der Waals surface area contributed by atoms with E-state index in [9.17, 15) is 9.50 Å². The molecule has 2 aromatic carbocycles. The quantitative estimate of drug-likeness (QED) is 0.861. The van der Waals surface area contributed by atoms with Crippen LogP contribution in [0.15, 0.2) is 54.6 Å². The third-order valence-electron chi connectivity index (χ3n) is 3.43. The van der Waals surface area contributed by atoms with E-state index >= 15 is 0 Å². The first kappa shape index (κ1) is 13.6. The average molecular weight is 259 g/mol. The number of halogens is 1. The number of aliphatic hydroxyl groups is 1. The molecular formula is C16H18FNO. The zero-order valence-electron chi connectivity index (χ0n) is 10.9. The van der Waals surface area contributed by atoms with Crippen LogP contribution in [-0.4, -0.2) is 11.7 Å². The van der Waals surface area contributed by atoms with Crippen LogP contribution in [0.1, 0.15) is 18.9 Å². The zero-order chi connectivity index (χ0) is 13.7. The number of anilines is 1. The molecule has 0 aliphatic rings. The van der Waals surface area contributed by atoms with E-state index in [1.807, 2.05) is 37.3 Å². The summed E-state index contributed by atoms with van der Waals surface area (Å²) in [4.78, 5) is 0. The van der Waals surface area contributed by atoms with Crippen LogP contribution in [0, 0.1) is 5.82 Å². The van der Waals surface area contributed by atoms with Gasteiger partial charge in [-0.3, -0.25) is 0 Å². The highest BCUT2D eigenvalue weighted by Gasteiger charge is 2.29. The van der Waals surface area contributed by atoms with Gasteiger partial charge in [-0.05, 0) is 36.2 Å². The highest BCUT2D eigenvalue weighted by molar-refractivity contribution is 5.48. The largest absolute Gasteiger partial charge is 0.394 e. The Bertz CT molecular complexity index is 506. The van der Waals surface area contributed by atoms with Gasteiger partial charge in [0.1, 0.15) is 5.82 Å².